The van der Waals surface area contributed by atoms with Gasteiger partial charge in [0.05, 0.1) is 0 Å². The molecule has 3 nitrogen and oxygen atoms in total. The Morgan fingerprint density at radius 2 is 1.52 bits per heavy atom. The van der Waals surface area contributed by atoms with Gasteiger partial charge in [0.2, 0.25) is 0 Å². The lowest BCUT2D eigenvalue weighted by atomic mass is 10.2. The van der Waals surface area contributed by atoms with Gasteiger partial charge in [-0.05, 0) is 12.1 Å². The normalized spacial score (nSPS) is 10.3. The van der Waals surface area contributed by atoms with Crippen LogP contribution < -0.4 is 10.9 Å². The molecule has 21 heavy (non-hydrogen) atoms. The molecule has 110 valence electrons. The van der Waals surface area contributed by atoms with E-state index in [0.717, 1.165) is 0 Å². The van der Waals surface area contributed by atoms with E-state index in [4.69, 9.17) is 23.2 Å². The van der Waals surface area contributed by atoms with Gasteiger partial charge in [-0.15, -0.1) is 0 Å². The molecule has 0 heterocycles. The Morgan fingerprint density at radius 3 is 2.14 bits per heavy atom. The molecule has 1 amide bonds. The summed E-state index contributed by atoms with van der Waals surface area (Å²) in [6.45, 7) is 0. The fourth-order valence-electron chi connectivity index (χ4n) is 1.50. The molecule has 8 heteroatoms. The van der Waals surface area contributed by atoms with Gasteiger partial charge < -0.3 is 0 Å². The molecule has 0 saturated heterocycles. The van der Waals surface area contributed by atoms with E-state index in [2.05, 4.69) is 5.43 Å². The molecule has 0 radical (unpaired) electrons. The number of benzene rings is 2. The highest BCUT2D eigenvalue weighted by Gasteiger charge is 2.23. The number of nitrogens with one attached hydrogen (secondary N) is 2. The second-order valence-electron chi connectivity index (χ2n) is 3.89. The quantitative estimate of drug-likeness (QED) is 0.502. The molecule has 2 aromatic rings. The van der Waals surface area contributed by atoms with Crippen molar-refractivity contribution in [2.24, 2.45) is 0 Å². The minimum absolute atomic E-state index is 0.261. The summed E-state index contributed by atoms with van der Waals surface area (Å²) in [5.74, 6) is -5.06. The smallest absolute Gasteiger partial charge is 0.269 e. The van der Waals surface area contributed by atoms with Gasteiger partial charge in [-0.2, -0.15) is 0 Å². The van der Waals surface area contributed by atoms with Gasteiger partial charge >= 0.3 is 0 Å². The summed E-state index contributed by atoms with van der Waals surface area (Å²) >= 11 is 10.8. The Kier molecular flexibility index (Phi) is 4.59. The first-order chi connectivity index (χ1) is 9.93. The highest BCUT2D eigenvalue weighted by molar-refractivity contribution is 6.36. The van der Waals surface area contributed by atoms with Gasteiger partial charge in [-0.25, -0.2) is 13.2 Å². The van der Waals surface area contributed by atoms with Crippen molar-refractivity contribution in [3.63, 3.8) is 0 Å². The molecule has 2 N–H and O–H groups in total. The molecular weight excluding hydrogens is 328 g/mol. The summed E-state index contributed by atoms with van der Waals surface area (Å²) in [5, 5.41) is -1.83. The van der Waals surface area contributed by atoms with Crippen LogP contribution >= 0.6 is 23.2 Å². The molecule has 0 bridgehead atoms. The molecule has 2 aromatic carbocycles. The monoisotopic (exact) mass is 334 g/mol. The van der Waals surface area contributed by atoms with E-state index >= 15 is 0 Å². The average Bonchev–Trinajstić information content (AvgIpc) is 2.51. The highest BCUT2D eigenvalue weighted by Crippen LogP contribution is 2.35. The van der Waals surface area contributed by atoms with Gasteiger partial charge in [0.25, 0.3) is 5.91 Å². The van der Waals surface area contributed by atoms with Crippen LogP contribution in [0.1, 0.15) is 10.4 Å². The number of hydrogen-bond acceptors (Lipinski definition) is 2. The fraction of sp³-hybridized carbons (Fsp3) is 0. The number of amides is 1. The zero-order valence-corrected chi connectivity index (χ0v) is 11.7. The van der Waals surface area contributed by atoms with Crippen LogP contribution in [0.15, 0.2) is 30.3 Å². The molecule has 0 unspecified atom stereocenters. The summed E-state index contributed by atoms with van der Waals surface area (Å²) < 4.78 is 40.4. The molecule has 0 aliphatic heterocycles. The van der Waals surface area contributed by atoms with Crippen molar-refractivity contribution in [2.75, 3.05) is 5.43 Å². The summed E-state index contributed by atoms with van der Waals surface area (Å²) in [7, 11) is 0. The van der Waals surface area contributed by atoms with E-state index in [1.54, 1.807) is 18.2 Å². The van der Waals surface area contributed by atoms with E-state index < -0.39 is 39.1 Å². The number of anilines is 1. The SMILES string of the molecule is O=C(NNc1c(F)c(F)c(Cl)c(F)c1Cl)c1ccccc1. The van der Waals surface area contributed by atoms with E-state index in [9.17, 15) is 18.0 Å². The Hall–Kier alpha value is -1.92. The van der Waals surface area contributed by atoms with E-state index in [0.29, 0.717) is 0 Å². The van der Waals surface area contributed by atoms with Gasteiger partial charge in [-0.1, -0.05) is 41.4 Å². The second-order valence-corrected chi connectivity index (χ2v) is 4.65. The molecular formula is C13H7Cl2F3N2O. The number of halogens is 5. The van der Waals surface area contributed by atoms with Gasteiger partial charge in [0.1, 0.15) is 15.7 Å². The predicted molar refractivity (Wildman–Crippen MR) is 73.9 cm³/mol. The van der Waals surface area contributed by atoms with Crippen LogP contribution in [0.25, 0.3) is 0 Å². The van der Waals surface area contributed by atoms with Crippen LogP contribution in [0.4, 0.5) is 18.9 Å². The number of carbonyl (C=O) groups is 1. The summed E-state index contributed by atoms with van der Waals surface area (Å²) in [6, 6.07) is 7.93. The number of hydrogen-bond donors (Lipinski definition) is 2. The van der Waals surface area contributed by atoms with Crippen LogP contribution in [-0.2, 0) is 0 Å². The van der Waals surface area contributed by atoms with Gasteiger partial charge in [0, 0.05) is 5.56 Å². The molecule has 0 saturated carbocycles. The zero-order chi connectivity index (χ0) is 15.6. The summed E-state index contributed by atoms with van der Waals surface area (Å²) in [6.07, 6.45) is 0. The van der Waals surface area contributed by atoms with Crippen LogP contribution in [-0.4, -0.2) is 5.91 Å². The first-order valence-corrected chi connectivity index (χ1v) is 6.32. The van der Waals surface area contributed by atoms with Crippen molar-refractivity contribution in [1.29, 1.82) is 0 Å². The van der Waals surface area contributed by atoms with Crippen LogP contribution in [0.3, 0.4) is 0 Å². The van der Waals surface area contributed by atoms with Gasteiger partial charge in [0.15, 0.2) is 17.5 Å². The van der Waals surface area contributed by atoms with Crippen molar-refractivity contribution in [3.8, 4) is 0 Å². The Labute approximate surface area is 127 Å². The number of carbonyl (C=O) groups excluding carboxylic acids is 1. The third-order valence-electron chi connectivity index (χ3n) is 2.55. The van der Waals surface area contributed by atoms with E-state index in [1.165, 1.54) is 12.1 Å². The second kappa shape index (κ2) is 6.24. The molecule has 0 spiro atoms. The Balaban J connectivity index is 2.23. The lowest BCUT2D eigenvalue weighted by Gasteiger charge is -2.13. The first-order valence-electron chi connectivity index (χ1n) is 5.56. The third-order valence-corrected chi connectivity index (χ3v) is 3.23. The Morgan fingerprint density at radius 1 is 0.905 bits per heavy atom. The van der Waals surface area contributed by atoms with Crippen LogP contribution in [0.5, 0.6) is 0 Å². The maximum Gasteiger partial charge on any atom is 0.269 e. The fourth-order valence-corrected chi connectivity index (χ4v) is 1.95. The minimum Gasteiger partial charge on any atom is -0.294 e. The third kappa shape index (κ3) is 3.06. The first kappa shape index (κ1) is 15.5. The van der Waals surface area contributed by atoms with Crippen molar-refractivity contribution in [1.82, 2.24) is 5.43 Å². The van der Waals surface area contributed by atoms with Crippen molar-refractivity contribution in [2.45, 2.75) is 0 Å². The van der Waals surface area contributed by atoms with Crippen LogP contribution in [0, 0.1) is 17.5 Å². The van der Waals surface area contributed by atoms with Crippen molar-refractivity contribution in [3.05, 3.63) is 63.4 Å². The molecule has 0 fully saturated rings. The van der Waals surface area contributed by atoms with E-state index in [1.807, 2.05) is 5.43 Å². The largest absolute Gasteiger partial charge is 0.294 e. The topological polar surface area (TPSA) is 41.1 Å². The zero-order valence-electron chi connectivity index (χ0n) is 10.2. The van der Waals surface area contributed by atoms with E-state index in [-0.39, 0.29) is 5.56 Å². The minimum atomic E-state index is -1.60. The summed E-state index contributed by atoms with van der Waals surface area (Å²) in [5.41, 5.74) is 3.64. The lowest BCUT2D eigenvalue weighted by molar-refractivity contribution is 0.0962. The summed E-state index contributed by atoms with van der Waals surface area (Å²) in [4.78, 5) is 11.7. The molecule has 0 aliphatic rings. The van der Waals surface area contributed by atoms with Crippen molar-refractivity contribution < 1.29 is 18.0 Å². The molecule has 0 atom stereocenters. The maximum absolute atomic E-state index is 13.6. The standard InChI is InChI=1S/C13H7Cl2F3N2O/c14-7-9(16)8(15)12(11(18)10(7)17)19-20-13(21)6-4-2-1-3-5-6/h1-5,19H,(H,20,21). The van der Waals surface area contributed by atoms with Crippen LogP contribution in [0.2, 0.25) is 10.0 Å². The molecule has 2 rings (SSSR count). The number of hydrazine groups is 1. The number of rotatable bonds is 3. The maximum atomic E-state index is 13.6. The average molecular weight is 335 g/mol. The molecule has 0 aliphatic carbocycles. The van der Waals surface area contributed by atoms with Gasteiger partial charge in [-0.3, -0.25) is 15.6 Å². The lowest BCUT2D eigenvalue weighted by Crippen LogP contribution is -2.30. The Bertz CT molecular complexity index is 667. The predicted octanol–water partition coefficient (Wildman–Crippen LogP) is 4.17. The molecule has 0 aromatic heterocycles. The van der Waals surface area contributed by atoms with Crippen molar-refractivity contribution >= 4 is 34.8 Å². The highest BCUT2D eigenvalue weighted by atomic mass is 35.5.